The van der Waals surface area contributed by atoms with Gasteiger partial charge < -0.3 is 15.3 Å². The molecule has 1 atom stereocenters. The van der Waals surface area contributed by atoms with E-state index >= 15 is 0 Å². The minimum Gasteiger partial charge on any atom is -0.391 e. The summed E-state index contributed by atoms with van der Waals surface area (Å²) in [6, 6.07) is 7.41. The fourth-order valence-electron chi connectivity index (χ4n) is 2.20. The molecule has 0 aliphatic carbocycles. The first kappa shape index (κ1) is 13.5. The normalized spacial score (nSPS) is 18.4. The average Bonchev–Trinajstić information content (AvgIpc) is 2.85. The molecule has 19 heavy (non-hydrogen) atoms. The average molecular weight is 262 g/mol. The van der Waals surface area contributed by atoms with Gasteiger partial charge in [0.15, 0.2) is 0 Å². The Morgan fingerprint density at radius 2 is 2.16 bits per heavy atom. The highest BCUT2D eigenvalue weighted by atomic mass is 16.3. The number of β-amino-alcohol motifs (C(OH)–C–C–N with tert-alkyl or cyclic N) is 1. The zero-order valence-corrected chi connectivity index (χ0v) is 10.9. The highest BCUT2D eigenvalue weighted by Gasteiger charge is 2.29. The Morgan fingerprint density at radius 1 is 1.42 bits per heavy atom. The predicted molar refractivity (Wildman–Crippen MR) is 71.7 cm³/mol. The van der Waals surface area contributed by atoms with Gasteiger partial charge in [0.2, 0.25) is 0 Å². The maximum atomic E-state index is 11.9. The van der Waals surface area contributed by atoms with Crippen molar-refractivity contribution < 1.29 is 14.7 Å². The lowest BCUT2D eigenvalue weighted by Crippen LogP contribution is -2.38. The number of para-hydroxylation sites is 1. The molecule has 1 heterocycles. The number of rotatable bonds is 2. The molecule has 2 amide bonds. The number of aliphatic hydroxyl groups excluding tert-OH is 1. The van der Waals surface area contributed by atoms with Crippen LogP contribution in [0.4, 0.5) is 5.69 Å². The van der Waals surface area contributed by atoms with E-state index in [2.05, 4.69) is 5.32 Å². The second-order valence-electron chi connectivity index (χ2n) is 4.66. The highest BCUT2D eigenvalue weighted by molar-refractivity contribution is 6.39. The molecular formula is C14H18N2O3. The van der Waals surface area contributed by atoms with E-state index in [4.69, 9.17) is 0 Å². The molecule has 1 aromatic carbocycles. The minimum atomic E-state index is -0.644. The van der Waals surface area contributed by atoms with Gasteiger partial charge in [0.25, 0.3) is 0 Å². The van der Waals surface area contributed by atoms with Gasteiger partial charge in [-0.25, -0.2) is 0 Å². The molecule has 1 saturated heterocycles. The lowest BCUT2D eigenvalue weighted by atomic mass is 10.1. The minimum absolute atomic E-state index is 0.238. The maximum absolute atomic E-state index is 11.9. The van der Waals surface area contributed by atoms with Gasteiger partial charge in [-0.1, -0.05) is 25.1 Å². The molecule has 0 radical (unpaired) electrons. The number of hydrogen-bond donors (Lipinski definition) is 2. The molecule has 1 aliphatic rings. The monoisotopic (exact) mass is 262 g/mol. The van der Waals surface area contributed by atoms with Gasteiger partial charge in [-0.05, 0) is 24.5 Å². The Hall–Kier alpha value is -1.88. The van der Waals surface area contributed by atoms with E-state index < -0.39 is 17.9 Å². The molecule has 5 heteroatoms. The Kier molecular flexibility index (Phi) is 4.16. The maximum Gasteiger partial charge on any atom is 0.313 e. The van der Waals surface area contributed by atoms with Gasteiger partial charge >= 0.3 is 11.8 Å². The topological polar surface area (TPSA) is 69.6 Å². The molecule has 0 saturated carbocycles. The van der Waals surface area contributed by atoms with Crippen LogP contribution in [0.25, 0.3) is 0 Å². The molecule has 1 aromatic rings. The van der Waals surface area contributed by atoms with Crippen LogP contribution in [0.15, 0.2) is 24.3 Å². The van der Waals surface area contributed by atoms with Crippen LogP contribution in [-0.4, -0.2) is 41.0 Å². The number of benzene rings is 1. The SMILES string of the molecule is CCc1ccccc1NC(=O)C(=O)N1CC[C@@H](O)C1. The van der Waals surface area contributed by atoms with Crippen molar-refractivity contribution >= 4 is 17.5 Å². The van der Waals surface area contributed by atoms with E-state index in [9.17, 15) is 14.7 Å². The number of likely N-dealkylation sites (tertiary alicyclic amines) is 1. The summed E-state index contributed by atoms with van der Waals surface area (Å²) < 4.78 is 0. The molecular weight excluding hydrogens is 244 g/mol. The van der Waals surface area contributed by atoms with Gasteiger partial charge in [-0.2, -0.15) is 0 Å². The second-order valence-corrected chi connectivity index (χ2v) is 4.66. The van der Waals surface area contributed by atoms with Crippen LogP contribution < -0.4 is 5.32 Å². The van der Waals surface area contributed by atoms with E-state index in [0.29, 0.717) is 18.7 Å². The Labute approximate surface area is 112 Å². The molecule has 0 unspecified atom stereocenters. The fraction of sp³-hybridized carbons (Fsp3) is 0.429. The third-order valence-electron chi connectivity index (χ3n) is 3.29. The lowest BCUT2D eigenvalue weighted by molar-refractivity contribution is -0.142. The summed E-state index contributed by atoms with van der Waals surface area (Å²) >= 11 is 0. The number of aliphatic hydroxyl groups is 1. The zero-order chi connectivity index (χ0) is 13.8. The third-order valence-corrected chi connectivity index (χ3v) is 3.29. The first-order chi connectivity index (χ1) is 9.11. The molecule has 2 rings (SSSR count). The van der Waals surface area contributed by atoms with Crippen molar-refractivity contribution in [2.45, 2.75) is 25.9 Å². The zero-order valence-electron chi connectivity index (χ0n) is 10.9. The summed E-state index contributed by atoms with van der Waals surface area (Å²) in [5, 5.41) is 12.0. The van der Waals surface area contributed by atoms with Crippen LogP contribution in [0.3, 0.4) is 0 Å². The summed E-state index contributed by atoms with van der Waals surface area (Å²) in [4.78, 5) is 25.2. The quantitative estimate of drug-likeness (QED) is 0.774. The Bertz CT molecular complexity index is 487. The van der Waals surface area contributed by atoms with Gasteiger partial charge in [0.05, 0.1) is 6.10 Å². The largest absolute Gasteiger partial charge is 0.391 e. The fourth-order valence-corrected chi connectivity index (χ4v) is 2.20. The van der Waals surface area contributed by atoms with E-state index in [1.54, 1.807) is 6.07 Å². The number of nitrogens with zero attached hydrogens (tertiary/aromatic N) is 1. The third kappa shape index (κ3) is 3.12. The molecule has 1 aliphatic heterocycles. The smallest absolute Gasteiger partial charge is 0.313 e. The first-order valence-electron chi connectivity index (χ1n) is 6.48. The Morgan fingerprint density at radius 3 is 2.79 bits per heavy atom. The van der Waals surface area contributed by atoms with Gasteiger partial charge in [0, 0.05) is 18.8 Å². The highest BCUT2D eigenvalue weighted by Crippen LogP contribution is 2.16. The molecule has 0 spiro atoms. The van der Waals surface area contributed by atoms with Crippen molar-refractivity contribution in [3.05, 3.63) is 29.8 Å². The summed E-state index contributed by atoms with van der Waals surface area (Å²) in [6.45, 7) is 2.66. The number of nitrogens with one attached hydrogen (secondary N) is 1. The molecule has 0 aromatic heterocycles. The summed E-state index contributed by atoms with van der Waals surface area (Å²) in [7, 11) is 0. The van der Waals surface area contributed by atoms with Crippen molar-refractivity contribution in [3.63, 3.8) is 0 Å². The van der Waals surface area contributed by atoms with Gasteiger partial charge in [-0.3, -0.25) is 9.59 Å². The van der Waals surface area contributed by atoms with Crippen molar-refractivity contribution in [1.29, 1.82) is 0 Å². The van der Waals surface area contributed by atoms with Crippen LogP contribution in [0.5, 0.6) is 0 Å². The molecule has 2 N–H and O–H groups in total. The lowest BCUT2D eigenvalue weighted by Gasteiger charge is -2.15. The first-order valence-corrected chi connectivity index (χ1v) is 6.48. The number of anilines is 1. The van der Waals surface area contributed by atoms with Crippen LogP contribution in [-0.2, 0) is 16.0 Å². The second kappa shape index (κ2) is 5.84. The van der Waals surface area contributed by atoms with Crippen LogP contribution >= 0.6 is 0 Å². The number of amides is 2. The number of carbonyl (C=O) groups excluding carboxylic acids is 2. The summed E-state index contributed by atoms with van der Waals surface area (Å²) in [5.41, 5.74) is 1.66. The summed E-state index contributed by atoms with van der Waals surface area (Å²) in [6.07, 6.45) is 0.803. The van der Waals surface area contributed by atoms with E-state index in [1.165, 1.54) is 4.90 Å². The van der Waals surface area contributed by atoms with E-state index in [1.807, 2.05) is 25.1 Å². The number of hydrogen-bond acceptors (Lipinski definition) is 3. The van der Waals surface area contributed by atoms with Crippen LogP contribution in [0.1, 0.15) is 18.9 Å². The van der Waals surface area contributed by atoms with Crippen molar-refractivity contribution in [3.8, 4) is 0 Å². The van der Waals surface area contributed by atoms with Crippen molar-refractivity contribution in [1.82, 2.24) is 4.90 Å². The molecule has 1 fully saturated rings. The van der Waals surface area contributed by atoms with E-state index in [0.717, 1.165) is 12.0 Å². The van der Waals surface area contributed by atoms with Gasteiger partial charge in [0.1, 0.15) is 0 Å². The van der Waals surface area contributed by atoms with E-state index in [-0.39, 0.29) is 6.54 Å². The Balaban J connectivity index is 2.02. The van der Waals surface area contributed by atoms with Crippen LogP contribution in [0, 0.1) is 0 Å². The van der Waals surface area contributed by atoms with Crippen LogP contribution in [0.2, 0.25) is 0 Å². The number of carbonyl (C=O) groups is 2. The summed E-state index contributed by atoms with van der Waals surface area (Å²) in [5.74, 6) is -1.22. The predicted octanol–water partition coefficient (Wildman–Crippen LogP) is 0.781. The molecule has 5 nitrogen and oxygen atoms in total. The standard InChI is InChI=1S/C14H18N2O3/c1-2-10-5-3-4-6-12(10)15-13(18)14(19)16-8-7-11(17)9-16/h3-6,11,17H,2,7-9H2,1H3,(H,15,18)/t11-/m1/s1. The van der Waals surface area contributed by atoms with Crippen molar-refractivity contribution in [2.75, 3.05) is 18.4 Å². The molecule has 102 valence electrons. The van der Waals surface area contributed by atoms with Crippen molar-refractivity contribution in [2.24, 2.45) is 0 Å². The number of aryl methyl sites for hydroxylation is 1. The van der Waals surface area contributed by atoms with Gasteiger partial charge in [-0.15, -0.1) is 0 Å². The molecule has 0 bridgehead atoms.